The average Bonchev–Trinajstić information content (AvgIpc) is 2.39. The van der Waals surface area contributed by atoms with E-state index in [4.69, 9.17) is 4.74 Å². The fourth-order valence-electron chi connectivity index (χ4n) is 2.34. The van der Waals surface area contributed by atoms with Crippen LogP contribution in [0.5, 0.6) is 0 Å². The molecule has 1 aliphatic heterocycles. The number of nitrogens with one attached hydrogen (secondary N) is 1. The number of pyridine rings is 1. The first-order valence-electron chi connectivity index (χ1n) is 6.20. The monoisotopic (exact) mass is 244 g/mol. The molecule has 0 amide bonds. The lowest BCUT2D eigenvalue weighted by Crippen LogP contribution is -2.39. The quantitative estimate of drug-likeness (QED) is 0.830. The van der Waals surface area contributed by atoms with Crippen molar-refractivity contribution < 1.29 is 4.74 Å². The molecule has 0 saturated carbocycles. The van der Waals surface area contributed by atoms with Gasteiger partial charge in [-0.15, -0.1) is 0 Å². The maximum Gasteiger partial charge on any atom is 0.271 e. The summed E-state index contributed by atoms with van der Waals surface area (Å²) in [6, 6.07) is 8.08. The largest absolute Gasteiger partial charge is 0.378 e. The summed E-state index contributed by atoms with van der Waals surface area (Å²) in [5.41, 5.74) is 2.78. The molecule has 2 heterocycles. The van der Waals surface area contributed by atoms with Crippen molar-refractivity contribution in [3.63, 3.8) is 0 Å². The van der Waals surface area contributed by atoms with Gasteiger partial charge in [0.05, 0.1) is 13.2 Å². The van der Waals surface area contributed by atoms with E-state index in [9.17, 15) is 4.79 Å². The summed E-state index contributed by atoms with van der Waals surface area (Å²) in [6.45, 7) is 4.95. The second kappa shape index (κ2) is 4.46. The Hall–Kier alpha value is -1.81. The zero-order valence-electron chi connectivity index (χ0n) is 10.4. The predicted octanol–water partition coefficient (Wildman–Crippen LogP) is 1.67. The minimum absolute atomic E-state index is 0.0185. The van der Waals surface area contributed by atoms with Crippen LogP contribution in [0.15, 0.2) is 29.1 Å². The number of hydrogen-bond acceptors (Lipinski definition) is 3. The molecule has 4 nitrogen and oxygen atoms in total. The summed E-state index contributed by atoms with van der Waals surface area (Å²) < 4.78 is 5.31. The summed E-state index contributed by atoms with van der Waals surface area (Å²) in [4.78, 5) is 17.1. The molecule has 18 heavy (non-hydrogen) atoms. The van der Waals surface area contributed by atoms with Gasteiger partial charge in [0.25, 0.3) is 5.56 Å². The fraction of sp³-hybridized carbons (Fsp3) is 0.357. The van der Waals surface area contributed by atoms with Gasteiger partial charge in [-0.3, -0.25) is 4.79 Å². The molecule has 0 aliphatic carbocycles. The highest BCUT2D eigenvalue weighted by Crippen LogP contribution is 2.18. The third-order valence-electron chi connectivity index (χ3n) is 3.33. The van der Waals surface area contributed by atoms with Crippen molar-refractivity contribution in [3.05, 3.63) is 40.2 Å². The van der Waals surface area contributed by atoms with Gasteiger partial charge in [0.1, 0.15) is 5.69 Å². The molecule has 1 aromatic carbocycles. The minimum Gasteiger partial charge on any atom is -0.378 e. The zero-order valence-corrected chi connectivity index (χ0v) is 10.4. The van der Waals surface area contributed by atoms with E-state index >= 15 is 0 Å². The van der Waals surface area contributed by atoms with E-state index in [1.54, 1.807) is 0 Å². The third kappa shape index (κ3) is 1.99. The summed E-state index contributed by atoms with van der Waals surface area (Å²) in [6.07, 6.45) is 0. The van der Waals surface area contributed by atoms with Crippen LogP contribution in [0.2, 0.25) is 0 Å². The lowest BCUT2D eigenvalue weighted by molar-refractivity contribution is 0.122. The topological polar surface area (TPSA) is 45.3 Å². The lowest BCUT2D eigenvalue weighted by atomic mass is 10.1. The number of aryl methyl sites for hydroxylation is 1. The minimum atomic E-state index is -0.0185. The second-order valence-corrected chi connectivity index (χ2v) is 4.67. The first kappa shape index (κ1) is 11.3. The van der Waals surface area contributed by atoms with Gasteiger partial charge in [-0.2, -0.15) is 0 Å². The second-order valence-electron chi connectivity index (χ2n) is 4.67. The molecule has 0 atom stereocenters. The molecule has 0 radical (unpaired) electrons. The zero-order chi connectivity index (χ0) is 12.5. The van der Waals surface area contributed by atoms with Crippen molar-refractivity contribution in [2.24, 2.45) is 0 Å². The molecule has 1 aliphatic rings. The fourth-order valence-corrected chi connectivity index (χ4v) is 2.34. The molecule has 2 aromatic rings. The number of fused-ring (bicyclic) bond motifs is 1. The Morgan fingerprint density at radius 2 is 2.00 bits per heavy atom. The number of hydrogen-bond donors (Lipinski definition) is 1. The maximum atomic E-state index is 12.1. The van der Waals surface area contributed by atoms with E-state index in [0.717, 1.165) is 35.2 Å². The van der Waals surface area contributed by atoms with Crippen LogP contribution in [0.1, 0.15) is 5.56 Å². The Balaban J connectivity index is 2.09. The molecule has 1 aromatic heterocycles. The molecule has 0 bridgehead atoms. The highest BCUT2D eigenvalue weighted by Gasteiger charge is 2.14. The van der Waals surface area contributed by atoms with Gasteiger partial charge in [0.15, 0.2) is 0 Å². The highest BCUT2D eigenvalue weighted by atomic mass is 16.5. The summed E-state index contributed by atoms with van der Waals surface area (Å²) >= 11 is 0. The van der Waals surface area contributed by atoms with Crippen LogP contribution >= 0.6 is 0 Å². The highest BCUT2D eigenvalue weighted by molar-refractivity contribution is 5.82. The summed E-state index contributed by atoms with van der Waals surface area (Å²) in [5, 5.41) is 1.07. The van der Waals surface area contributed by atoms with Gasteiger partial charge in [-0.25, -0.2) is 0 Å². The Morgan fingerprint density at radius 1 is 1.22 bits per heavy atom. The van der Waals surface area contributed by atoms with Crippen LogP contribution in [-0.2, 0) is 4.74 Å². The third-order valence-corrected chi connectivity index (χ3v) is 3.33. The standard InChI is InChI=1S/C14H16N2O2/c1-10-2-3-11-9-13(14(17)15-12(11)8-10)16-4-6-18-7-5-16/h2-3,8-9H,4-7H2,1H3,(H,15,17). The first-order chi connectivity index (χ1) is 8.74. The SMILES string of the molecule is Cc1ccc2cc(N3CCOCC3)c(=O)[nH]c2c1. The van der Waals surface area contributed by atoms with E-state index in [-0.39, 0.29) is 5.56 Å². The van der Waals surface area contributed by atoms with Crippen LogP contribution in [0, 0.1) is 6.92 Å². The van der Waals surface area contributed by atoms with E-state index in [0.29, 0.717) is 13.2 Å². The lowest BCUT2D eigenvalue weighted by Gasteiger charge is -2.28. The van der Waals surface area contributed by atoms with E-state index < -0.39 is 0 Å². The molecule has 0 unspecified atom stereocenters. The van der Waals surface area contributed by atoms with Gasteiger partial charge < -0.3 is 14.6 Å². The molecule has 1 N–H and O–H groups in total. The number of benzene rings is 1. The normalized spacial score (nSPS) is 16.2. The number of ether oxygens (including phenoxy) is 1. The Morgan fingerprint density at radius 3 is 2.78 bits per heavy atom. The van der Waals surface area contributed by atoms with Gasteiger partial charge in [-0.05, 0) is 24.6 Å². The van der Waals surface area contributed by atoms with Crippen molar-refractivity contribution in [2.45, 2.75) is 6.92 Å². The smallest absolute Gasteiger partial charge is 0.271 e. The molecular weight excluding hydrogens is 228 g/mol. The van der Waals surface area contributed by atoms with Crippen molar-refractivity contribution in [2.75, 3.05) is 31.2 Å². The van der Waals surface area contributed by atoms with Crippen LogP contribution in [0.25, 0.3) is 10.9 Å². The molecule has 1 fully saturated rings. The van der Waals surface area contributed by atoms with Crippen LogP contribution in [-0.4, -0.2) is 31.3 Å². The van der Waals surface area contributed by atoms with E-state index in [1.165, 1.54) is 0 Å². The van der Waals surface area contributed by atoms with Crippen molar-refractivity contribution in [1.82, 2.24) is 4.98 Å². The van der Waals surface area contributed by atoms with Gasteiger partial charge in [-0.1, -0.05) is 12.1 Å². The number of anilines is 1. The van der Waals surface area contributed by atoms with Crippen LogP contribution in [0.4, 0.5) is 5.69 Å². The van der Waals surface area contributed by atoms with Gasteiger partial charge >= 0.3 is 0 Å². The van der Waals surface area contributed by atoms with E-state index in [1.807, 2.05) is 25.1 Å². The number of aromatic nitrogens is 1. The van der Waals surface area contributed by atoms with Crippen LogP contribution < -0.4 is 10.5 Å². The van der Waals surface area contributed by atoms with Gasteiger partial charge in [0.2, 0.25) is 0 Å². The molecule has 3 rings (SSSR count). The van der Waals surface area contributed by atoms with Crippen LogP contribution in [0.3, 0.4) is 0 Å². The molecule has 1 saturated heterocycles. The number of aromatic amines is 1. The van der Waals surface area contributed by atoms with Crippen molar-refractivity contribution in [3.8, 4) is 0 Å². The molecular formula is C14H16N2O2. The molecule has 4 heteroatoms. The van der Waals surface area contributed by atoms with Gasteiger partial charge in [0, 0.05) is 24.0 Å². The van der Waals surface area contributed by atoms with E-state index in [2.05, 4.69) is 16.0 Å². The Labute approximate surface area is 105 Å². The Bertz CT molecular complexity index is 627. The Kier molecular flexibility index (Phi) is 2.80. The number of H-pyrrole nitrogens is 1. The van der Waals surface area contributed by atoms with Crippen molar-refractivity contribution >= 4 is 16.6 Å². The predicted molar refractivity (Wildman–Crippen MR) is 72.3 cm³/mol. The average molecular weight is 244 g/mol. The summed E-state index contributed by atoms with van der Waals surface area (Å²) in [5.74, 6) is 0. The van der Waals surface area contributed by atoms with Crippen molar-refractivity contribution in [1.29, 1.82) is 0 Å². The number of morpholine rings is 1. The molecule has 94 valence electrons. The maximum absolute atomic E-state index is 12.1. The first-order valence-corrected chi connectivity index (χ1v) is 6.20. The number of rotatable bonds is 1. The summed E-state index contributed by atoms with van der Waals surface area (Å²) in [7, 11) is 0. The molecule has 0 spiro atoms. The number of nitrogens with zero attached hydrogens (tertiary/aromatic N) is 1.